The van der Waals surface area contributed by atoms with Gasteiger partial charge in [-0.15, -0.1) is 24.0 Å². The van der Waals surface area contributed by atoms with E-state index in [9.17, 15) is 9.50 Å². The zero-order chi connectivity index (χ0) is 21.2. The number of guanidine groups is 1. The Morgan fingerprint density at radius 2 is 1.84 bits per heavy atom. The first-order chi connectivity index (χ1) is 14.7. The Morgan fingerprint density at radius 3 is 2.55 bits per heavy atom. The molecule has 3 rings (SSSR count). The molecule has 0 aliphatic carbocycles. The maximum absolute atomic E-state index is 13.6. The van der Waals surface area contributed by atoms with Crippen molar-refractivity contribution in [3.05, 3.63) is 70.5 Å². The molecule has 0 saturated carbocycles. The molecule has 2 aromatic rings. The summed E-state index contributed by atoms with van der Waals surface area (Å²) in [6.45, 7) is 7.92. The van der Waals surface area contributed by atoms with Gasteiger partial charge in [-0.2, -0.15) is 0 Å². The van der Waals surface area contributed by atoms with E-state index in [1.165, 1.54) is 17.2 Å². The summed E-state index contributed by atoms with van der Waals surface area (Å²) in [4.78, 5) is 7.02. The third kappa shape index (κ3) is 8.03. The molecule has 2 aromatic carbocycles. The summed E-state index contributed by atoms with van der Waals surface area (Å²) < 4.78 is 19.0. The second-order valence-electron chi connectivity index (χ2n) is 7.29. The van der Waals surface area contributed by atoms with E-state index >= 15 is 0 Å². The van der Waals surface area contributed by atoms with E-state index in [4.69, 9.17) is 4.74 Å². The van der Waals surface area contributed by atoms with Crippen LogP contribution in [0.15, 0.2) is 47.5 Å². The van der Waals surface area contributed by atoms with Gasteiger partial charge < -0.3 is 20.5 Å². The van der Waals surface area contributed by atoms with Crippen LogP contribution in [0, 0.1) is 5.82 Å². The molecule has 6 nitrogen and oxygen atoms in total. The zero-order valence-electron chi connectivity index (χ0n) is 17.9. The molecule has 1 aliphatic heterocycles. The molecule has 170 valence electrons. The Balaban J connectivity index is 0.00000341. The third-order valence-corrected chi connectivity index (χ3v) is 5.11. The van der Waals surface area contributed by atoms with E-state index in [-0.39, 0.29) is 36.1 Å². The molecule has 0 bridgehead atoms. The molecular formula is C23H32FIN4O2. The van der Waals surface area contributed by atoms with E-state index in [2.05, 4.69) is 44.8 Å². The van der Waals surface area contributed by atoms with Gasteiger partial charge in [-0.05, 0) is 35.7 Å². The van der Waals surface area contributed by atoms with Crippen LogP contribution in [0.5, 0.6) is 0 Å². The summed E-state index contributed by atoms with van der Waals surface area (Å²) in [5.74, 6) is 0.306. The van der Waals surface area contributed by atoms with E-state index in [1.54, 1.807) is 12.1 Å². The molecule has 0 aromatic heterocycles. The molecule has 0 spiro atoms. The van der Waals surface area contributed by atoms with Crippen molar-refractivity contribution in [2.24, 2.45) is 4.99 Å². The van der Waals surface area contributed by atoms with E-state index < -0.39 is 5.82 Å². The van der Waals surface area contributed by atoms with Crippen molar-refractivity contribution in [3.63, 3.8) is 0 Å². The average molecular weight is 542 g/mol. The van der Waals surface area contributed by atoms with Crippen LogP contribution < -0.4 is 10.6 Å². The number of aliphatic imine (C=N–C) groups is 1. The lowest BCUT2D eigenvalue weighted by molar-refractivity contribution is 0.0341. The summed E-state index contributed by atoms with van der Waals surface area (Å²) >= 11 is 0. The molecule has 3 N–H and O–H groups in total. The number of aliphatic hydroxyl groups excluding tert-OH is 1. The third-order valence-electron chi connectivity index (χ3n) is 5.11. The smallest absolute Gasteiger partial charge is 0.191 e. The molecule has 1 heterocycles. The lowest BCUT2D eigenvalue weighted by atomic mass is 10.1. The lowest BCUT2D eigenvalue weighted by Gasteiger charge is -2.27. The van der Waals surface area contributed by atoms with Gasteiger partial charge in [0.15, 0.2) is 5.96 Å². The fourth-order valence-corrected chi connectivity index (χ4v) is 3.42. The van der Waals surface area contributed by atoms with Crippen LogP contribution in [0.25, 0.3) is 0 Å². The van der Waals surface area contributed by atoms with Gasteiger partial charge in [0.05, 0.1) is 26.4 Å². The minimum atomic E-state index is -0.396. The summed E-state index contributed by atoms with van der Waals surface area (Å²) in [6, 6.07) is 13.2. The molecule has 0 radical (unpaired) electrons. The van der Waals surface area contributed by atoms with Crippen LogP contribution >= 0.6 is 24.0 Å². The number of aliphatic hydroxyl groups is 1. The van der Waals surface area contributed by atoms with Gasteiger partial charge in [0.25, 0.3) is 0 Å². The Labute approximate surface area is 200 Å². The van der Waals surface area contributed by atoms with Crippen LogP contribution in [-0.4, -0.2) is 48.8 Å². The van der Waals surface area contributed by atoms with E-state index in [0.29, 0.717) is 19.0 Å². The first kappa shape index (κ1) is 25.5. The summed E-state index contributed by atoms with van der Waals surface area (Å²) in [5.41, 5.74) is 3.68. The number of halogens is 2. The van der Waals surface area contributed by atoms with Crippen molar-refractivity contribution in [1.82, 2.24) is 15.5 Å². The van der Waals surface area contributed by atoms with Gasteiger partial charge in [-0.1, -0.05) is 30.3 Å². The number of hydrogen-bond donors (Lipinski definition) is 3. The van der Waals surface area contributed by atoms with E-state index in [1.807, 2.05) is 6.92 Å². The highest BCUT2D eigenvalue weighted by atomic mass is 127. The molecule has 0 amide bonds. The predicted molar refractivity (Wildman–Crippen MR) is 132 cm³/mol. The largest absolute Gasteiger partial charge is 0.392 e. The topological polar surface area (TPSA) is 69.1 Å². The van der Waals surface area contributed by atoms with Gasteiger partial charge in [0.1, 0.15) is 5.82 Å². The minimum absolute atomic E-state index is 0. The quantitative estimate of drug-likeness (QED) is 0.272. The van der Waals surface area contributed by atoms with Crippen LogP contribution in [0.2, 0.25) is 0 Å². The molecule has 8 heteroatoms. The van der Waals surface area contributed by atoms with Crippen molar-refractivity contribution in [2.45, 2.75) is 33.2 Å². The Kier molecular flexibility index (Phi) is 11.2. The molecule has 1 fully saturated rings. The second kappa shape index (κ2) is 13.6. The van der Waals surface area contributed by atoms with Crippen LogP contribution in [-0.2, 0) is 31.0 Å². The van der Waals surface area contributed by atoms with Gasteiger partial charge in [0.2, 0.25) is 0 Å². The number of ether oxygens (including phenoxy) is 1. The van der Waals surface area contributed by atoms with Gasteiger partial charge >= 0.3 is 0 Å². The van der Waals surface area contributed by atoms with Crippen LogP contribution in [0.1, 0.15) is 29.2 Å². The van der Waals surface area contributed by atoms with E-state index in [0.717, 1.165) is 45.0 Å². The van der Waals surface area contributed by atoms with Crippen molar-refractivity contribution >= 4 is 29.9 Å². The second-order valence-corrected chi connectivity index (χ2v) is 7.29. The first-order valence-electron chi connectivity index (χ1n) is 10.5. The number of nitrogens with one attached hydrogen (secondary N) is 2. The first-order valence-corrected chi connectivity index (χ1v) is 10.5. The van der Waals surface area contributed by atoms with Crippen LogP contribution in [0.3, 0.4) is 0 Å². The number of nitrogens with zero attached hydrogens (tertiary/aromatic N) is 2. The Hall–Kier alpha value is -1.75. The highest BCUT2D eigenvalue weighted by Crippen LogP contribution is 2.14. The van der Waals surface area contributed by atoms with Crippen molar-refractivity contribution in [2.75, 3.05) is 32.8 Å². The average Bonchev–Trinajstić information content (AvgIpc) is 2.78. The highest BCUT2D eigenvalue weighted by Gasteiger charge is 2.13. The Bertz CT molecular complexity index is 844. The maximum atomic E-state index is 13.6. The number of hydrogen-bond acceptors (Lipinski definition) is 4. The number of benzene rings is 2. The van der Waals surface area contributed by atoms with Crippen molar-refractivity contribution in [3.8, 4) is 0 Å². The summed E-state index contributed by atoms with van der Waals surface area (Å²) in [6.07, 6.45) is 0. The van der Waals surface area contributed by atoms with Gasteiger partial charge in [-0.25, -0.2) is 9.38 Å². The SMILES string of the molecule is CCNC(=NCc1ccc(F)c(CO)c1)NCc1ccccc1CN1CCOCC1.I. The molecule has 0 atom stereocenters. The number of rotatable bonds is 8. The zero-order valence-corrected chi connectivity index (χ0v) is 20.3. The fraction of sp³-hybridized carbons (Fsp3) is 0.435. The van der Waals surface area contributed by atoms with Crippen molar-refractivity contribution < 1.29 is 14.2 Å². The Morgan fingerprint density at radius 1 is 1.10 bits per heavy atom. The minimum Gasteiger partial charge on any atom is -0.392 e. The normalized spacial score (nSPS) is 14.7. The summed E-state index contributed by atoms with van der Waals surface area (Å²) in [5, 5.41) is 15.9. The predicted octanol–water partition coefficient (Wildman–Crippen LogP) is 3.02. The molecule has 0 unspecified atom stereocenters. The highest BCUT2D eigenvalue weighted by molar-refractivity contribution is 14.0. The lowest BCUT2D eigenvalue weighted by Crippen LogP contribution is -2.38. The molecular weight excluding hydrogens is 510 g/mol. The standard InChI is InChI=1S/C23H31FN4O2.HI/c1-2-25-23(26-14-18-7-8-22(24)21(13-18)17-29)27-15-19-5-3-4-6-20(19)16-28-9-11-30-12-10-28;/h3-8,13,29H,2,9-12,14-17H2,1H3,(H2,25,26,27);1H. The molecule has 1 saturated heterocycles. The van der Waals surface area contributed by atoms with Crippen molar-refractivity contribution in [1.29, 1.82) is 0 Å². The molecule has 1 aliphatic rings. The monoisotopic (exact) mass is 542 g/mol. The number of morpholine rings is 1. The molecule has 31 heavy (non-hydrogen) atoms. The van der Waals surface area contributed by atoms with Crippen LogP contribution in [0.4, 0.5) is 4.39 Å². The van der Waals surface area contributed by atoms with Gasteiger partial charge in [0, 0.05) is 38.3 Å². The summed E-state index contributed by atoms with van der Waals surface area (Å²) in [7, 11) is 0. The van der Waals surface area contributed by atoms with Gasteiger partial charge in [-0.3, -0.25) is 4.90 Å². The maximum Gasteiger partial charge on any atom is 0.191 e. The fourth-order valence-electron chi connectivity index (χ4n) is 3.42.